The van der Waals surface area contributed by atoms with Crippen LogP contribution in [0.1, 0.15) is 32.0 Å². The van der Waals surface area contributed by atoms with Gasteiger partial charge in [-0.1, -0.05) is 15.9 Å². The number of nitrogens with zero attached hydrogens (tertiary/aromatic N) is 1. The van der Waals surface area contributed by atoms with Crippen LogP contribution in [0, 0.1) is 13.8 Å². The Labute approximate surface area is 130 Å². The normalized spacial score (nSPS) is 10.2. The van der Waals surface area contributed by atoms with E-state index in [2.05, 4.69) is 26.2 Å². The standard InChI is InChI=1S/C15H13BrN2O3/c1-8-6-10(7-9(2)12(8)16)18-14(19)13-11(15(20)21)4-3-5-17-13/h3-7H,1-2H3,(H,18,19)(H,20,21). The molecule has 0 fully saturated rings. The molecule has 0 aliphatic carbocycles. The van der Waals surface area contributed by atoms with Gasteiger partial charge in [0.2, 0.25) is 0 Å². The zero-order valence-corrected chi connectivity index (χ0v) is 13.1. The van der Waals surface area contributed by atoms with Gasteiger partial charge in [0.15, 0.2) is 0 Å². The van der Waals surface area contributed by atoms with E-state index in [1.807, 2.05) is 13.8 Å². The Kier molecular flexibility index (Phi) is 4.37. The number of nitrogens with one attached hydrogen (secondary N) is 1. The zero-order chi connectivity index (χ0) is 15.6. The second kappa shape index (κ2) is 6.05. The van der Waals surface area contributed by atoms with Crippen molar-refractivity contribution < 1.29 is 14.7 Å². The van der Waals surface area contributed by atoms with Crippen LogP contribution in [0.15, 0.2) is 34.9 Å². The predicted octanol–water partition coefficient (Wildman–Crippen LogP) is 3.41. The highest BCUT2D eigenvalue weighted by Gasteiger charge is 2.18. The molecule has 5 nitrogen and oxygen atoms in total. The first kappa shape index (κ1) is 15.2. The maximum absolute atomic E-state index is 12.2. The molecule has 0 radical (unpaired) electrons. The molecule has 0 saturated carbocycles. The SMILES string of the molecule is Cc1cc(NC(=O)c2ncccc2C(=O)O)cc(C)c1Br. The molecule has 0 spiro atoms. The van der Waals surface area contributed by atoms with Gasteiger partial charge >= 0.3 is 5.97 Å². The van der Waals surface area contributed by atoms with Crippen LogP contribution in [0.3, 0.4) is 0 Å². The molecule has 1 heterocycles. The van der Waals surface area contributed by atoms with E-state index in [1.54, 1.807) is 12.1 Å². The minimum Gasteiger partial charge on any atom is -0.478 e. The Bertz CT molecular complexity index is 706. The Morgan fingerprint density at radius 1 is 1.24 bits per heavy atom. The lowest BCUT2D eigenvalue weighted by molar-refractivity contribution is 0.0691. The summed E-state index contributed by atoms with van der Waals surface area (Å²) in [7, 11) is 0. The van der Waals surface area contributed by atoms with Crippen LogP contribution in [-0.2, 0) is 0 Å². The lowest BCUT2D eigenvalue weighted by atomic mass is 10.1. The van der Waals surface area contributed by atoms with Crippen LogP contribution >= 0.6 is 15.9 Å². The number of benzene rings is 1. The van der Waals surface area contributed by atoms with E-state index in [-0.39, 0.29) is 11.3 Å². The van der Waals surface area contributed by atoms with Gasteiger partial charge in [0.25, 0.3) is 5.91 Å². The van der Waals surface area contributed by atoms with Gasteiger partial charge in [-0.25, -0.2) is 4.79 Å². The van der Waals surface area contributed by atoms with Crippen molar-refractivity contribution in [2.24, 2.45) is 0 Å². The number of hydrogen-bond acceptors (Lipinski definition) is 3. The maximum atomic E-state index is 12.2. The van der Waals surface area contributed by atoms with Crippen LogP contribution in [0.2, 0.25) is 0 Å². The number of carboxylic acids is 1. The van der Waals surface area contributed by atoms with Crippen molar-refractivity contribution in [1.29, 1.82) is 0 Å². The molecule has 1 amide bonds. The van der Waals surface area contributed by atoms with Crippen molar-refractivity contribution >= 4 is 33.5 Å². The summed E-state index contributed by atoms with van der Waals surface area (Å²) in [6, 6.07) is 6.44. The number of aromatic nitrogens is 1. The summed E-state index contributed by atoms with van der Waals surface area (Å²) in [6.07, 6.45) is 1.39. The Morgan fingerprint density at radius 2 is 1.86 bits per heavy atom. The number of rotatable bonds is 3. The molecule has 0 atom stereocenters. The molecule has 1 aromatic carbocycles. The van der Waals surface area contributed by atoms with Crippen LogP contribution in [-0.4, -0.2) is 22.0 Å². The number of carbonyl (C=O) groups is 2. The van der Waals surface area contributed by atoms with Gasteiger partial charge < -0.3 is 10.4 Å². The van der Waals surface area contributed by atoms with E-state index >= 15 is 0 Å². The number of aromatic carboxylic acids is 1. The fourth-order valence-electron chi connectivity index (χ4n) is 1.97. The summed E-state index contributed by atoms with van der Waals surface area (Å²) in [6.45, 7) is 3.83. The topological polar surface area (TPSA) is 79.3 Å². The number of carboxylic acid groups (broad SMARTS) is 1. The average molecular weight is 349 g/mol. The third-order valence-electron chi connectivity index (χ3n) is 2.95. The maximum Gasteiger partial charge on any atom is 0.338 e. The molecule has 6 heteroatoms. The smallest absolute Gasteiger partial charge is 0.338 e. The van der Waals surface area contributed by atoms with Gasteiger partial charge in [0.1, 0.15) is 5.69 Å². The third kappa shape index (κ3) is 3.28. The molecule has 0 aliphatic heterocycles. The third-order valence-corrected chi connectivity index (χ3v) is 4.20. The summed E-state index contributed by atoms with van der Waals surface area (Å²) >= 11 is 3.45. The van der Waals surface area contributed by atoms with Crippen LogP contribution in [0.25, 0.3) is 0 Å². The number of carbonyl (C=O) groups excluding carboxylic acids is 1. The molecule has 0 saturated heterocycles. The first-order valence-corrected chi connectivity index (χ1v) is 6.96. The van der Waals surface area contributed by atoms with Gasteiger partial charge in [-0.3, -0.25) is 9.78 Å². The molecule has 0 unspecified atom stereocenters. The van der Waals surface area contributed by atoms with Gasteiger partial charge in [-0.15, -0.1) is 0 Å². The van der Waals surface area contributed by atoms with Crippen molar-refractivity contribution in [3.8, 4) is 0 Å². The molecule has 0 bridgehead atoms. The highest BCUT2D eigenvalue weighted by atomic mass is 79.9. The molecule has 1 aromatic heterocycles. The number of amides is 1. The summed E-state index contributed by atoms with van der Waals surface area (Å²) in [4.78, 5) is 27.2. The summed E-state index contributed by atoms with van der Waals surface area (Å²) in [5.74, 6) is -1.73. The molecule has 0 aliphatic rings. The summed E-state index contributed by atoms with van der Waals surface area (Å²) in [5.41, 5.74) is 2.32. The molecule has 2 N–H and O–H groups in total. The Morgan fingerprint density at radius 3 is 2.43 bits per heavy atom. The minimum atomic E-state index is -1.18. The number of aryl methyl sites for hydroxylation is 2. The number of hydrogen-bond donors (Lipinski definition) is 2. The zero-order valence-electron chi connectivity index (χ0n) is 11.5. The lowest BCUT2D eigenvalue weighted by Crippen LogP contribution is -2.18. The fourth-order valence-corrected chi connectivity index (χ4v) is 2.20. The average Bonchev–Trinajstić information content (AvgIpc) is 2.44. The summed E-state index contributed by atoms with van der Waals surface area (Å²) in [5, 5.41) is 11.8. The van der Waals surface area contributed by atoms with E-state index < -0.39 is 11.9 Å². The molecule has 2 aromatic rings. The van der Waals surface area contributed by atoms with Crippen LogP contribution in [0.4, 0.5) is 5.69 Å². The molecular formula is C15H13BrN2O3. The van der Waals surface area contributed by atoms with Crippen molar-refractivity contribution in [3.63, 3.8) is 0 Å². The van der Waals surface area contributed by atoms with Crippen LogP contribution in [0.5, 0.6) is 0 Å². The molecule has 2 rings (SSSR count). The monoisotopic (exact) mass is 348 g/mol. The highest BCUT2D eigenvalue weighted by molar-refractivity contribution is 9.10. The van der Waals surface area contributed by atoms with Crippen molar-refractivity contribution in [2.45, 2.75) is 13.8 Å². The Balaban J connectivity index is 2.33. The van der Waals surface area contributed by atoms with Crippen LogP contribution < -0.4 is 5.32 Å². The highest BCUT2D eigenvalue weighted by Crippen LogP contribution is 2.25. The predicted molar refractivity (Wildman–Crippen MR) is 82.8 cm³/mol. The largest absolute Gasteiger partial charge is 0.478 e. The van der Waals surface area contributed by atoms with Crippen molar-refractivity contribution in [2.75, 3.05) is 5.32 Å². The minimum absolute atomic E-state index is 0.108. The lowest BCUT2D eigenvalue weighted by Gasteiger charge is -2.10. The first-order chi connectivity index (χ1) is 9.90. The van der Waals surface area contributed by atoms with E-state index in [0.29, 0.717) is 5.69 Å². The van der Waals surface area contributed by atoms with Crippen molar-refractivity contribution in [3.05, 3.63) is 57.3 Å². The second-order valence-electron chi connectivity index (χ2n) is 4.58. The van der Waals surface area contributed by atoms with E-state index in [9.17, 15) is 9.59 Å². The van der Waals surface area contributed by atoms with E-state index in [4.69, 9.17) is 5.11 Å². The summed E-state index contributed by atoms with van der Waals surface area (Å²) < 4.78 is 0.976. The fraction of sp³-hybridized carbons (Fsp3) is 0.133. The van der Waals surface area contributed by atoms with Gasteiger partial charge in [0, 0.05) is 16.4 Å². The quantitative estimate of drug-likeness (QED) is 0.890. The molecule has 108 valence electrons. The van der Waals surface area contributed by atoms with E-state index in [0.717, 1.165) is 15.6 Å². The Hall–Kier alpha value is -2.21. The van der Waals surface area contributed by atoms with Gasteiger partial charge in [0.05, 0.1) is 5.56 Å². The number of halogens is 1. The van der Waals surface area contributed by atoms with Crippen molar-refractivity contribution in [1.82, 2.24) is 4.98 Å². The first-order valence-electron chi connectivity index (χ1n) is 6.16. The van der Waals surface area contributed by atoms with E-state index in [1.165, 1.54) is 18.3 Å². The number of anilines is 1. The molecular weight excluding hydrogens is 336 g/mol. The number of pyridine rings is 1. The second-order valence-corrected chi connectivity index (χ2v) is 5.38. The van der Waals surface area contributed by atoms with Gasteiger partial charge in [-0.05, 0) is 49.2 Å². The van der Waals surface area contributed by atoms with Gasteiger partial charge in [-0.2, -0.15) is 0 Å². The molecule has 21 heavy (non-hydrogen) atoms.